The van der Waals surface area contributed by atoms with Gasteiger partial charge in [-0.2, -0.15) is 0 Å². The van der Waals surface area contributed by atoms with Crippen LogP contribution in [0.25, 0.3) is 0 Å². The van der Waals surface area contributed by atoms with Crippen molar-refractivity contribution in [1.82, 2.24) is 0 Å². The van der Waals surface area contributed by atoms with Crippen LogP contribution in [-0.2, 0) is 6.42 Å². The first-order valence-corrected chi connectivity index (χ1v) is 8.44. The Balaban J connectivity index is 1.87. The minimum atomic E-state index is -0.556. The van der Waals surface area contributed by atoms with Crippen LogP contribution < -0.4 is 9.47 Å². The molecule has 7 heteroatoms. The van der Waals surface area contributed by atoms with Crippen molar-refractivity contribution >= 4 is 23.1 Å². The van der Waals surface area contributed by atoms with Gasteiger partial charge in [0.2, 0.25) is 0 Å². The zero-order valence-electron chi connectivity index (χ0n) is 13.8. The number of non-ortho nitro benzene ring substituents is 1. The number of ketones is 1. The maximum atomic E-state index is 12.9. The Labute approximate surface area is 159 Å². The van der Waals surface area contributed by atoms with Crippen molar-refractivity contribution in [1.29, 1.82) is 0 Å². The number of halogens is 1. The molecule has 4 rings (SSSR count). The van der Waals surface area contributed by atoms with E-state index in [0.29, 0.717) is 22.1 Å². The Morgan fingerprint density at radius 2 is 1.81 bits per heavy atom. The van der Waals surface area contributed by atoms with E-state index >= 15 is 0 Å². The molecule has 1 aliphatic rings. The molecule has 3 aromatic rings. The van der Waals surface area contributed by atoms with Gasteiger partial charge in [0.25, 0.3) is 5.69 Å². The zero-order chi connectivity index (χ0) is 19.0. The van der Waals surface area contributed by atoms with Gasteiger partial charge in [0.1, 0.15) is 28.6 Å². The van der Waals surface area contributed by atoms with E-state index in [2.05, 4.69) is 0 Å². The lowest BCUT2D eigenvalue weighted by molar-refractivity contribution is -0.385. The van der Waals surface area contributed by atoms with Crippen molar-refractivity contribution in [3.8, 4) is 23.0 Å². The molecule has 3 aromatic carbocycles. The van der Waals surface area contributed by atoms with E-state index in [1.807, 2.05) is 6.07 Å². The van der Waals surface area contributed by atoms with Crippen LogP contribution in [0.15, 0.2) is 60.7 Å². The summed E-state index contributed by atoms with van der Waals surface area (Å²) in [7, 11) is 0. The molecule has 0 saturated heterocycles. The number of fused-ring (bicyclic) bond motifs is 2. The number of nitro benzene ring substituents is 1. The Kier molecular flexibility index (Phi) is 4.25. The molecule has 0 N–H and O–H groups in total. The quantitative estimate of drug-likeness (QED) is 0.437. The fraction of sp³-hybridized carbons (Fsp3) is 0.0500. The van der Waals surface area contributed by atoms with Crippen LogP contribution in [0.1, 0.15) is 15.9 Å². The van der Waals surface area contributed by atoms with Crippen LogP contribution in [0.5, 0.6) is 23.0 Å². The Morgan fingerprint density at radius 1 is 1.04 bits per heavy atom. The third kappa shape index (κ3) is 3.35. The molecule has 0 spiro atoms. The Bertz CT molecular complexity index is 1070. The Morgan fingerprint density at radius 3 is 2.56 bits per heavy atom. The normalized spacial score (nSPS) is 12.4. The average Bonchev–Trinajstić information content (AvgIpc) is 2.77. The topological polar surface area (TPSA) is 78.7 Å². The lowest BCUT2D eigenvalue weighted by atomic mass is 10.0. The number of nitro groups is 1. The summed E-state index contributed by atoms with van der Waals surface area (Å²) in [5, 5.41) is 11.8. The summed E-state index contributed by atoms with van der Waals surface area (Å²) in [4.78, 5) is 23.7. The minimum Gasteiger partial charge on any atom is -0.456 e. The number of hydrogen-bond donors (Lipinski definition) is 0. The van der Waals surface area contributed by atoms with Gasteiger partial charge < -0.3 is 9.47 Å². The second-order valence-electron chi connectivity index (χ2n) is 5.94. The predicted octanol–water partition coefficient (Wildman–Crippen LogP) is 5.57. The highest BCUT2D eigenvalue weighted by molar-refractivity contribution is 6.30. The van der Waals surface area contributed by atoms with Gasteiger partial charge in [0.15, 0.2) is 5.78 Å². The van der Waals surface area contributed by atoms with E-state index in [1.165, 1.54) is 12.1 Å². The third-order valence-electron chi connectivity index (χ3n) is 4.10. The van der Waals surface area contributed by atoms with Gasteiger partial charge in [-0.25, -0.2) is 0 Å². The summed E-state index contributed by atoms with van der Waals surface area (Å²) < 4.78 is 11.6. The van der Waals surface area contributed by atoms with Gasteiger partial charge in [-0.15, -0.1) is 0 Å². The monoisotopic (exact) mass is 381 g/mol. The first-order valence-electron chi connectivity index (χ1n) is 8.06. The van der Waals surface area contributed by atoms with Gasteiger partial charge in [-0.05, 0) is 30.3 Å². The number of rotatable bonds is 3. The maximum absolute atomic E-state index is 12.9. The third-order valence-corrected chi connectivity index (χ3v) is 4.34. The zero-order valence-corrected chi connectivity index (χ0v) is 14.6. The van der Waals surface area contributed by atoms with E-state index in [4.69, 9.17) is 21.1 Å². The lowest BCUT2D eigenvalue weighted by Gasteiger charge is -2.13. The van der Waals surface area contributed by atoms with Crippen molar-refractivity contribution < 1.29 is 19.2 Å². The van der Waals surface area contributed by atoms with Gasteiger partial charge in [-0.3, -0.25) is 14.9 Å². The number of Topliss-reactive ketones (excluding diaryl/α,β-unsaturated/α-hetero) is 1. The number of hydrogen-bond acceptors (Lipinski definition) is 5. The molecule has 0 aromatic heterocycles. The fourth-order valence-corrected chi connectivity index (χ4v) is 3.09. The number of ether oxygens (including phenoxy) is 2. The van der Waals surface area contributed by atoms with Crippen LogP contribution in [0.4, 0.5) is 5.69 Å². The molecule has 0 atom stereocenters. The fourth-order valence-electron chi connectivity index (χ4n) is 2.90. The molecule has 0 saturated carbocycles. The van der Waals surface area contributed by atoms with Crippen LogP contribution >= 0.6 is 11.6 Å². The largest absolute Gasteiger partial charge is 0.456 e. The molecule has 0 unspecified atom stereocenters. The van der Waals surface area contributed by atoms with Crippen LogP contribution in [-0.4, -0.2) is 10.7 Å². The molecule has 0 bridgehead atoms. The van der Waals surface area contributed by atoms with Crippen LogP contribution in [0.3, 0.4) is 0 Å². The van der Waals surface area contributed by atoms with E-state index in [9.17, 15) is 14.9 Å². The van der Waals surface area contributed by atoms with Crippen LogP contribution in [0.2, 0.25) is 5.02 Å². The predicted molar refractivity (Wildman–Crippen MR) is 99.2 cm³/mol. The molecule has 1 heterocycles. The van der Waals surface area contributed by atoms with Gasteiger partial charge in [0, 0.05) is 17.0 Å². The molecule has 134 valence electrons. The highest BCUT2D eigenvalue weighted by Crippen LogP contribution is 2.42. The van der Waals surface area contributed by atoms with Crippen LogP contribution in [0, 0.1) is 10.1 Å². The number of para-hydroxylation sites is 1. The molecule has 0 fully saturated rings. The van der Waals surface area contributed by atoms with Crippen molar-refractivity contribution in [2.75, 3.05) is 0 Å². The second-order valence-corrected chi connectivity index (χ2v) is 6.38. The van der Waals surface area contributed by atoms with E-state index in [-0.39, 0.29) is 35.0 Å². The molecule has 27 heavy (non-hydrogen) atoms. The standard InChI is InChI=1S/C20H12ClNO5/c21-13-6-7-17-12(8-13)9-16(23)20-18(26-15-4-2-1-3-5-15)10-14(22(24)25)11-19(20)27-17/h1-8,10-11H,9H2. The number of carbonyl (C=O) groups excluding carboxylic acids is 1. The Hall–Kier alpha value is -3.38. The van der Waals surface area contributed by atoms with Gasteiger partial charge >= 0.3 is 0 Å². The van der Waals surface area contributed by atoms with Crippen molar-refractivity contribution in [2.45, 2.75) is 6.42 Å². The lowest BCUT2D eigenvalue weighted by Crippen LogP contribution is -2.05. The van der Waals surface area contributed by atoms with E-state index in [0.717, 1.165) is 0 Å². The molecular formula is C20H12ClNO5. The summed E-state index contributed by atoms with van der Waals surface area (Å²) in [6, 6.07) is 16.1. The van der Waals surface area contributed by atoms with Crippen molar-refractivity contribution in [3.63, 3.8) is 0 Å². The van der Waals surface area contributed by atoms with Gasteiger partial charge in [-0.1, -0.05) is 29.8 Å². The second kappa shape index (κ2) is 6.74. The van der Waals surface area contributed by atoms with E-state index < -0.39 is 4.92 Å². The summed E-state index contributed by atoms with van der Waals surface area (Å²) in [5.74, 6) is 0.776. The van der Waals surface area contributed by atoms with Crippen molar-refractivity contribution in [2.24, 2.45) is 0 Å². The van der Waals surface area contributed by atoms with Gasteiger partial charge in [0.05, 0.1) is 17.1 Å². The van der Waals surface area contributed by atoms with E-state index in [1.54, 1.807) is 42.5 Å². The summed E-state index contributed by atoms with van der Waals surface area (Å²) in [6.07, 6.45) is 0.0475. The maximum Gasteiger partial charge on any atom is 0.276 e. The minimum absolute atomic E-state index is 0.0475. The highest BCUT2D eigenvalue weighted by Gasteiger charge is 2.29. The molecule has 6 nitrogen and oxygen atoms in total. The number of nitrogens with zero attached hydrogens (tertiary/aromatic N) is 1. The summed E-state index contributed by atoms with van der Waals surface area (Å²) in [6.45, 7) is 0. The SMILES string of the molecule is O=C1Cc2cc(Cl)ccc2Oc2cc([N+](=O)[O-])cc(Oc3ccccc3)c21. The first kappa shape index (κ1) is 17.1. The number of carbonyl (C=O) groups is 1. The molecule has 0 radical (unpaired) electrons. The first-order chi connectivity index (χ1) is 13.0. The molecule has 1 aliphatic heterocycles. The smallest absolute Gasteiger partial charge is 0.276 e. The molecular weight excluding hydrogens is 370 g/mol. The number of benzene rings is 3. The molecule has 0 aliphatic carbocycles. The molecule has 0 amide bonds. The average molecular weight is 382 g/mol. The summed E-state index contributed by atoms with van der Waals surface area (Å²) in [5.41, 5.74) is 0.540. The van der Waals surface area contributed by atoms with Crippen molar-refractivity contribution in [3.05, 3.63) is 86.9 Å². The highest BCUT2D eigenvalue weighted by atomic mass is 35.5. The summed E-state index contributed by atoms with van der Waals surface area (Å²) >= 11 is 6.01.